The lowest BCUT2D eigenvalue weighted by atomic mass is 9.79. The lowest BCUT2D eigenvalue weighted by molar-refractivity contribution is 0.0217. The highest BCUT2D eigenvalue weighted by atomic mass is 32.1. The predicted molar refractivity (Wildman–Crippen MR) is 119 cm³/mol. The molecule has 4 aliphatic rings. The Hall–Kier alpha value is -2.09. The van der Waals surface area contributed by atoms with E-state index < -0.39 is 0 Å². The Morgan fingerprint density at radius 2 is 1.80 bits per heavy atom. The van der Waals surface area contributed by atoms with Crippen LogP contribution in [0, 0.1) is 5.92 Å². The fraction of sp³-hybridized carbons (Fsp3) is 0.522. The summed E-state index contributed by atoms with van der Waals surface area (Å²) < 4.78 is 11.4. The summed E-state index contributed by atoms with van der Waals surface area (Å²) in [7, 11) is 0. The molecular weight excluding hydrogens is 398 g/mol. The maximum atomic E-state index is 12.8. The largest absolute Gasteiger partial charge is 0.447 e. The van der Waals surface area contributed by atoms with E-state index in [-0.39, 0.29) is 11.9 Å². The van der Waals surface area contributed by atoms with Crippen LogP contribution in [0.4, 0.5) is 5.00 Å². The number of hydrogen-bond donors (Lipinski definition) is 1. The molecular formula is C23H29N3O3S. The summed E-state index contributed by atoms with van der Waals surface area (Å²) in [5.74, 6) is 1.37. The lowest BCUT2D eigenvalue weighted by Gasteiger charge is -2.49. The number of morpholine rings is 1. The van der Waals surface area contributed by atoms with Crippen LogP contribution in [0.2, 0.25) is 0 Å². The number of rotatable bonds is 5. The van der Waals surface area contributed by atoms with Gasteiger partial charge in [0.2, 0.25) is 0 Å². The molecule has 6 rings (SSSR count). The van der Waals surface area contributed by atoms with Crippen LogP contribution in [0.25, 0.3) is 0 Å². The molecule has 2 aromatic rings. The Balaban J connectivity index is 1.19. The van der Waals surface area contributed by atoms with Crippen molar-refractivity contribution < 1.29 is 14.3 Å². The highest BCUT2D eigenvalue weighted by molar-refractivity contribution is 7.17. The number of ether oxygens (including phenoxy) is 2. The maximum absolute atomic E-state index is 12.8. The van der Waals surface area contributed by atoms with Crippen molar-refractivity contribution in [3.05, 3.63) is 42.0 Å². The Kier molecular flexibility index (Phi) is 5.67. The van der Waals surface area contributed by atoms with Crippen LogP contribution in [-0.2, 0) is 4.74 Å². The van der Waals surface area contributed by atoms with Gasteiger partial charge in [0, 0.05) is 30.7 Å². The van der Waals surface area contributed by atoms with E-state index in [2.05, 4.69) is 28.1 Å². The second-order valence-electron chi connectivity index (χ2n) is 8.43. The molecule has 6 nitrogen and oxygen atoms in total. The van der Waals surface area contributed by atoms with Gasteiger partial charge >= 0.3 is 0 Å². The van der Waals surface area contributed by atoms with Gasteiger partial charge in [-0.15, -0.1) is 0 Å². The van der Waals surface area contributed by atoms with E-state index in [1.807, 2.05) is 30.3 Å². The SMILES string of the molecule is CC1C(NC(=O)c2ccc(Oc3ccc(N4CCOCC4)s3)cc2)C2CCN1CC2. The summed E-state index contributed by atoms with van der Waals surface area (Å²) in [6.07, 6.45) is 2.38. The zero-order chi connectivity index (χ0) is 20.5. The molecule has 4 aliphatic heterocycles. The van der Waals surface area contributed by atoms with Crippen molar-refractivity contribution >= 4 is 22.2 Å². The molecule has 2 atom stereocenters. The molecule has 4 saturated heterocycles. The van der Waals surface area contributed by atoms with Gasteiger partial charge in [0.05, 0.1) is 18.2 Å². The van der Waals surface area contributed by atoms with Crippen molar-refractivity contribution in [2.75, 3.05) is 44.3 Å². The molecule has 5 heterocycles. The maximum Gasteiger partial charge on any atom is 0.251 e. The minimum absolute atomic E-state index is 0.0119. The molecule has 0 spiro atoms. The summed E-state index contributed by atoms with van der Waals surface area (Å²) in [5.41, 5.74) is 0.686. The van der Waals surface area contributed by atoms with Crippen molar-refractivity contribution in [3.63, 3.8) is 0 Å². The first-order valence-electron chi connectivity index (χ1n) is 10.9. The molecule has 2 unspecified atom stereocenters. The standard InChI is InChI=1S/C23H29N3O3S/c1-16-22(17-8-10-25(16)11-9-17)24-23(27)18-2-4-19(5-3-18)29-21-7-6-20(30-21)26-12-14-28-15-13-26/h2-7,16-17,22H,8-15H2,1H3,(H,24,27). The zero-order valence-electron chi connectivity index (χ0n) is 17.4. The minimum atomic E-state index is 0.0119. The predicted octanol–water partition coefficient (Wildman–Crippen LogP) is 3.59. The summed E-state index contributed by atoms with van der Waals surface area (Å²) >= 11 is 1.64. The number of carbonyl (C=O) groups is 1. The van der Waals surface area contributed by atoms with Gasteiger partial charge in [-0.3, -0.25) is 9.69 Å². The van der Waals surface area contributed by atoms with E-state index >= 15 is 0 Å². The molecule has 1 N–H and O–H groups in total. The fourth-order valence-electron chi connectivity index (χ4n) is 4.89. The first-order valence-corrected chi connectivity index (χ1v) is 11.7. The summed E-state index contributed by atoms with van der Waals surface area (Å²) in [6.45, 7) is 7.95. The highest BCUT2D eigenvalue weighted by Gasteiger charge is 2.40. The van der Waals surface area contributed by atoms with Crippen LogP contribution >= 0.6 is 11.3 Å². The smallest absolute Gasteiger partial charge is 0.251 e. The Labute approximate surface area is 181 Å². The third-order valence-corrected chi connectivity index (χ3v) is 7.72. The zero-order valence-corrected chi connectivity index (χ0v) is 18.2. The van der Waals surface area contributed by atoms with Crippen LogP contribution in [0.5, 0.6) is 10.8 Å². The van der Waals surface area contributed by atoms with Gasteiger partial charge in [0.1, 0.15) is 5.75 Å². The van der Waals surface area contributed by atoms with Crippen LogP contribution in [0.1, 0.15) is 30.1 Å². The van der Waals surface area contributed by atoms with Crippen molar-refractivity contribution in [1.82, 2.24) is 10.2 Å². The van der Waals surface area contributed by atoms with E-state index in [0.717, 1.165) is 37.1 Å². The highest BCUT2D eigenvalue weighted by Crippen LogP contribution is 2.35. The number of amides is 1. The van der Waals surface area contributed by atoms with E-state index in [9.17, 15) is 4.79 Å². The number of nitrogens with one attached hydrogen (secondary N) is 1. The van der Waals surface area contributed by atoms with E-state index in [1.165, 1.54) is 30.9 Å². The van der Waals surface area contributed by atoms with Gasteiger partial charge in [-0.25, -0.2) is 0 Å². The average Bonchev–Trinajstić information content (AvgIpc) is 3.26. The first-order chi connectivity index (χ1) is 14.7. The number of thiophene rings is 1. The normalized spacial score (nSPS) is 28.4. The molecule has 2 bridgehead atoms. The third kappa shape index (κ3) is 4.06. The van der Waals surface area contributed by atoms with Crippen LogP contribution in [0.3, 0.4) is 0 Å². The number of fused-ring (bicyclic) bond motifs is 3. The summed E-state index contributed by atoms with van der Waals surface area (Å²) in [5, 5.41) is 5.35. The fourth-order valence-corrected chi connectivity index (χ4v) is 5.82. The molecule has 1 aromatic carbocycles. The quantitative estimate of drug-likeness (QED) is 0.790. The number of piperidine rings is 3. The molecule has 0 aliphatic carbocycles. The van der Waals surface area contributed by atoms with E-state index in [0.29, 0.717) is 17.5 Å². The second-order valence-corrected chi connectivity index (χ2v) is 9.46. The van der Waals surface area contributed by atoms with Gasteiger partial charge in [0.15, 0.2) is 5.06 Å². The molecule has 30 heavy (non-hydrogen) atoms. The molecule has 160 valence electrons. The Morgan fingerprint density at radius 1 is 1.07 bits per heavy atom. The van der Waals surface area contributed by atoms with Crippen molar-refractivity contribution in [2.24, 2.45) is 5.92 Å². The Morgan fingerprint density at radius 3 is 2.50 bits per heavy atom. The number of hydrogen-bond acceptors (Lipinski definition) is 6. The molecule has 7 heteroatoms. The van der Waals surface area contributed by atoms with Crippen molar-refractivity contribution in [1.29, 1.82) is 0 Å². The number of carbonyl (C=O) groups excluding carboxylic acids is 1. The molecule has 1 aromatic heterocycles. The number of anilines is 1. The van der Waals surface area contributed by atoms with Gasteiger partial charge in [-0.05, 0) is 75.2 Å². The monoisotopic (exact) mass is 427 g/mol. The minimum Gasteiger partial charge on any atom is -0.447 e. The third-order valence-electron chi connectivity index (χ3n) is 6.70. The number of benzene rings is 1. The van der Waals surface area contributed by atoms with Gasteiger partial charge in [0.25, 0.3) is 5.91 Å². The Bertz CT molecular complexity index is 868. The van der Waals surface area contributed by atoms with Crippen LogP contribution < -0.4 is 15.0 Å². The summed E-state index contributed by atoms with van der Waals surface area (Å²) in [6, 6.07) is 12.2. The molecule has 4 fully saturated rings. The summed E-state index contributed by atoms with van der Waals surface area (Å²) in [4.78, 5) is 17.6. The van der Waals surface area contributed by atoms with Gasteiger partial charge < -0.3 is 19.7 Å². The van der Waals surface area contributed by atoms with Gasteiger partial charge in [-0.1, -0.05) is 11.3 Å². The van der Waals surface area contributed by atoms with E-state index in [1.54, 1.807) is 11.3 Å². The topological polar surface area (TPSA) is 54.0 Å². The van der Waals surface area contributed by atoms with E-state index in [4.69, 9.17) is 9.47 Å². The van der Waals surface area contributed by atoms with Crippen molar-refractivity contribution in [2.45, 2.75) is 31.8 Å². The lowest BCUT2D eigenvalue weighted by Crippen LogP contribution is -2.62. The van der Waals surface area contributed by atoms with Crippen LogP contribution in [-0.4, -0.2) is 62.3 Å². The van der Waals surface area contributed by atoms with Gasteiger partial charge in [-0.2, -0.15) is 0 Å². The molecule has 0 saturated carbocycles. The molecule has 0 radical (unpaired) electrons. The average molecular weight is 428 g/mol. The number of nitrogens with zero attached hydrogens (tertiary/aromatic N) is 2. The van der Waals surface area contributed by atoms with Crippen molar-refractivity contribution in [3.8, 4) is 10.8 Å². The molecule has 1 amide bonds. The van der Waals surface area contributed by atoms with Crippen LogP contribution in [0.15, 0.2) is 36.4 Å². The second kappa shape index (κ2) is 8.57. The first kappa shape index (κ1) is 19.8.